The molecule has 0 saturated heterocycles. The van der Waals surface area contributed by atoms with Crippen LogP contribution in [-0.2, 0) is 4.79 Å². The van der Waals surface area contributed by atoms with E-state index in [9.17, 15) is 14.9 Å². The van der Waals surface area contributed by atoms with E-state index >= 15 is 0 Å². The van der Waals surface area contributed by atoms with Gasteiger partial charge in [-0.3, -0.25) is 14.9 Å². The van der Waals surface area contributed by atoms with Gasteiger partial charge in [-0.2, -0.15) is 0 Å². The number of hydrogen-bond donors (Lipinski definition) is 1. The molecule has 0 heterocycles. The number of amides is 1. The van der Waals surface area contributed by atoms with E-state index in [2.05, 4.69) is 5.32 Å². The molecule has 1 radical (unpaired) electrons. The van der Waals surface area contributed by atoms with Gasteiger partial charge in [-0.25, -0.2) is 0 Å². The molecule has 0 aliphatic rings. The molecule has 0 aliphatic carbocycles. The van der Waals surface area contributed by atoms with E-state index in [1.165, 1.54) is 24.6 Å². The van der Waals surface area contributed by atoms with Crippen molar-refractivity contribution in [2.45, 2.75) is 0 Å². The number of benzene rings is 1. The molecule has 0 aliphatic heterocycles. The predicted octanol–water partition coefficient (Wildman–Crippen LogP) is 1.07. The van der Waals surface area contributed by atoms with Crippen LogP contribution in [0.3, 0.4) is 0 Å². The summed E-state index contributed by atoms with van der Waals surface area (Å²) < 4.78 is 0. The van der Waals surface area contributed by atoms with Gasteiger partial charge in [0.15, 0.2) is 0 Å². The maximum atomic E-state index is 10.3. The largest absolute Gasteiger partial charge is 0.314 e. The highest BCUT2D eigenvalue weighted by atomic mass is 16.6. The van der Waals surface area contributed by atoms with Gasteiger partial charge in [0.2, 0.25) is 0 Å². The lowest BCUT2D eigenvalue weighted by Gasteiger charge is -1.97. The van der Waals surface area contributed by atoms with Gasteiger partial charge < -0.3 is 5.32 Å². The van der Waals surface area contributed by atoms with Crippen LogP contribution in [0.1, 0.15) is 0 Å². The fourth-order valence-electron chi connectivity index (χ4n) is 0.794. The van der Waals surface area contributed by atoms with Gasteiger partial charge >= 0.3 is 6.41 Å². The van der Waals surface area contributed by atoms with Crippen LogP contribution < -0.4 is 5.32 Å². The second kappa shape index (κ2) is 3.47. The third-order valence-corrected chi connectivity index (χ3v) is 1.29. The average molecular weight is 165 g/mol. The second-order valence-corrected chi connectivity index (χ2v) is 2.00. The molecule has 1 rings (SSSR count). The van der Waals surface area contributed by atoms with Gasteiger partial charge in [-0.15, -0.1) is 0 Å². The van der Waals surface area contributed by atoms with Crippen molar-refractivity contribution in [3.05, 3.63) is 34.4 Å². The number of para-hydroxylation sites is 2. The Morgan fingerprint density at radius 1 is 1.42 bits per heavy atom. The highest BCUT2D eigenvalue weighted by Crippen LogP contribution is 2.21. The molecule has 1 aromatic rings. The van der Waals surface area contributed by atoms with Crippen molar-refractivity contribution in [3.8, 4) is 0 Å². The van der Waals surface area contributed by atoms with Crippen molar-refractivity contribution in [3.63, 3.8) is 0 Å². The molecule has 0 bridgehead atoms. The van der Waals surface area contributed by atoms with Gasteiger partial charge in [0.25, 0.3) is 5.69 Å². The topological polar surface area (TPSA) is 72.2 Å². The molecular weight excluding hydrogens is 160 g/mol. The van der Waals surface area contributed by atoms with Crippen molar-refractivity contribution < 1.29 is 9.72 Å². The normalized spacial score (nSPS) is 9.00. The molecule has 1 aromatic carbocycles. The summed E-state index contributed by atoms with van der Waals surface area (Å²) in [4.78, 5) is 19.7. The van der Waals surface area contributed by atoms with E-state index < -0.39 is 4.92 Å². The Labute approximate surface area is 68.2 Å². The van der Waals surface area contributed by atoms with Crippen LogP contribution in [0.15, 0.2) is 24.3 Å². The SMILES string of the molecule is O=[C]Nc1ccccc1[N+](=O)[O-]. The number of hydrogen-bond acceptors (Lipinski definition) is 3. The summed E-state index contributed by atoms with van der Waals surface area (Å²) in [6.45, 7) is 0. The van der Waals surface area contributed by atoms with Crippen molar-refractivity contribution in [1.82, 2.24) is 0 Å². The van der Waals surface area contributed by atoms with E-state index in [0.717, 1.165) is 0 Å². The summed E-state index contributed by atoms with van der Waals surface area (Å²) in [5.74, 6) is 0. The van der Waals surface area contributed by atoms with E-state index in [1.807, 2.05) is 0 Å². The molecule has 0 aromatic heterocycles. The Balaban J connectivity index is 3.07. The molecule has 0 atom stereocenters. The number of rotatable bonds is 3. The van der Waals surface area contributed by atoms with Gasteiger partial charge in [0.05, 0.1) is 4.92 Å². The lowest BCUT2D eigenvalue weighted by atomic mass is 10.3. The minimum Gasteiger partial charge on any atom is -0.312 e. The molecule has 0 saturated carbocycles. The van der Waals surface area contributed by atoms with E-state index in [-0.39, 0.29) is 11.4 Å². The maximum Gasteiger partial charge on any atom is 0.314 e. The lowest BCUT2D eigenvalue weighted by Crippen LogP contribution is -1.98. The van der Waals surface area contributed by atoms with Gasteiger partial charge in [-0.1, -0.05) is 12.1 Å². The third-order valence-electron chi connectivity index (χ3n) is 1.29. The van der Waals surface area contributed by atoms with E-state index in [4.69, 9.17) is 0 Å². The zero-order valence-electron chi connectivity index (χ0n) is 5.98. The summed E-state index contributed by atoms with van der Waals surface area (Å²) in [5, 5.41) is 12.4. The molecule has 0 fully saturated rings. The molecule has 5 heteroatoms. The first kappa shape index (κ1) is 8.19. The fraction of sp³-hybridized carbons (Fsp3) is 0. The van der Waals surface area contributed by atoms with Gasteiger partial charge in [0, 0.05) is 6.07 Å². The lowest BCUT2D eigenvalue weighted by molar-refractivity contribution is -0.383. The third kappa shape index (κ3) is 1.57. The quantitative estimate of drug-likeness (QED) is 0.413. The molecule has 1 N–H and O–H groups in total. The van der Waals surface area contributed by atoms with Crippen LogP contribution in [0.25, 0.3) is 0 Å². The smallest absolute Gasteiger partial charge is 0.312 e. The Kier molecular flexibility index (Phi) is 2.37. The first-order valence-electron chi connectivity index (χ1n) is 3.12. The minimum atomic E-state index is -0.570. The van der Waals surface area contributed by atoms with Crippen LogP contribution in [0, 0.1) is 10.1 Å². The first-order chi connectivity index (χ1) is 5.75. The summed E-state index contributed by atoms with van der Waals surface area (Å²) in [6.07, 6.45) is 1.37. The molecular formula is C7H5N2O3. The Morgan fingerprint density at radius 3 is 2.67 bits per heavy atom. The van der Waals surface area contributed by atoms with Crippen molar-refractivity contribution >= 4 is 17.8 Å². The van der Waals surface area contributed by atoms with Crippen LogP contribution in [0.4, 0.5) is 11.4 Å². The molecule has 61 valence electrons. The van der Waals surface area contributed by atoms with Crippen LogP contribution in [-0.4, -0.2) is 11.3 Å². The number of nitro groups is 1. The van der Waals surface area contributed by atoms with Crippen LogP contribution in [0.2, 0.25) is 0 Å². The summed E-state index contributed by atoms with van der Waals surface area (Å²) in [6, 6.07) is 5.85. The minimum absolute atomic E-state index is 0.138. The van der Waals surface area contributed by atoms with Crippen LogP contribution >= 0.6 is 0 Å². The Bertz CT molecular complexity index is 311. The summed E-state index contributed by atoms with van der Waals surface area (Å²) in [7, 11) is 0. The monoisotopic (exact) mass is 165 g/mol. The molecule has 5 nitrogen and oxygen atoms in total. The Morgan fingerprint density at radius 2 is 2.08 bits per heavy atom. The van der Waals surface area contributed by atoms with Crippen molar-refractivity contribution in [2.24, 2.45) is 0 Å². The molecule has 0 spiro atoms. The summed E-state index contributed by atoms with van der Waals surface area (Å²) in [5.41, 5.74) is 0.0124. The molecule has 1 amide bonds. The second-order valence-electron chi connectivity index (χ2n) is 2.00. The van der Waals surface area contributed by atoms with Gasteiger partial charge in [0.1, 0.15) is 5.69 Å². The van der Waals surface area contributed by atoms with Crippen molar-refractivity contribution in [1.29, 1.82) is 0 Å². The zero-order chi connectivity index (χ0) is 8.97. The predicted molar refractivity (Wildman–Crippen MR) is 42.4 cm³/mol. The number of nitro benzene ring substituents is 1. The van der Waals surface area contributed by atoms with Gasteiger partial charge in [-0.05, 0) is 6.07 Å². The van der Waals surface area contributed by atoms with Crippen molar-refractivity contribution in [2.75, 3.05) is 5.32 Å². The number of nitrogens with zero attached hydrogens (tertiary/aromatic N) is 1. The van der Waals surface area contributed by atoms with E-state index in [0.29, 0.717) is 0 Å². The zero-order valence-corrected chi connectivity index (χ0v) is 5.98. The molecule has 0 unspecified atom stereocenters. The number of anilines is 1. The standard InChI is InChI=1S/C7H5N2O3/c10-5-8-6-3-1-2-4-7(6)9(11)12/h1-4H,(H,8,10). The molecule has 12 heavy (non-hydrogen) atoms. The maximum absolute atomic E-state index is 10.3. The van der Waals surface area contributed by atoms with Crippen LogP contribution in [0.5, 0.6) is 0 Å². The average Bonchev–Trinajstić information content (AvgIpc) is 2.05. The highest BCUT2D eigenvalue weighted by molar-refractivity contribution is 5.77. The number of nitrogens with one attached hydrogen (secondary N) is 1. The highest BCUT2D eigenvalue weighted by Gasteiger charge is 2.10. The Hall–Kier alpha value is -1.91. The summed E-state index contributed by atoms with van der Waals surface area (Å²) >= 11 is 0. The fourth-order valence-corrected chi connectivity index (χ4v) is 0.794. The van der Waals surface area contributed by atoms with E-state index in [1.54, 1.807) is 6.07 Å². The first-order valence-corrected chi connectivity index (χ1v) is 3.12. The number of carbonyl (C=O) groups excluding carboxylic acids is 1.